The Labute approximate surface area is 182 Å². The fourth-order valence-corrected chi connectivity index (χ4v) is 5.30. The summed E-state index contributed by atoms with van der Waals surface area (Å²) in [5.74, 6) is 0.00347. The Morgan fingerprint density at radius 1 is 1.03 bits per heavy atom. The quantitative estimate of drug-likeness (QED) is 0.496. The molecule has 1 saturated heterocycles. The third kappa shape index (κ3) is 3.65. The standard InChI is InChI=1S/C24H24N2OS2/c1-24(2)18-11-7-8-12-19(18)25(3)21(24)14-13-20-22(27)26(23(28)29-20)16-15-17-9-5-4-6-10-17/h4-14H,15-16H2,1-3H3/b20-13+,21-14+. The third-order valence-corrected chi connectivity index (χ3v) is 7.07. The van der Waals surface area contributed by atoms with Gasteiger partial charge in [-0.15, -0.1) is 0 Å². The number of carbonyl (C=O) groups is 1. The summed E-state index contributed by atoms with van der Waals surface area (Å²) in [6.45, 7) is 5.06. The van der Waals surface area contributed by atoms with E-state index in [1.807, 2.05) is 24.3 Å². The molecule has 0 bridgehead atoms. The lowest BCUT2D eigenvalue weighted by molar-refractivity contribution is -0.122. The maximum absolute atomic E-state index is 12.9. The zero-order valence-corrected chi connectivity index (χ0v) is 18.5. The number of anilines is 1. The SMILES string of the molecule is CN1/C(=C/C=C2/SC(=S)N(CCc3ccccc3)C2=O)C(C)(C)c2ccccc21. The molecule has 0 spiro atoms. The first-order valence-corrected chi connectivity index (χ1v) is 11.0. The molecule has 2 aliphatic heterocycles. The van der Waals surface area contributed by atoms with Crippen molar-refractivity contribution in [1.82, 2.24) is 4.90 Å². The second kappa shape index (κ2) is 7.81. The van der Waals surface area contributed by atoms with E-state index in [0.29, 0.717) is 15.8 Å². The predicted molar refractivity (Wildman–Crippen MR) is 126 cm³/mol. The van der Waals surface area contributed by atoms with Crippen molar-refractivity contribution in [2.45, 2.75) is 25.7 Å². The van der Waals surface area contributed by atoms with E-state index in [2.05, 4.69) is 68.3 Å². The van der Waals surface area contributed by atoms with E-state index in [1.54, 1.807) is 4.90 Å². The van der Waals surface area contributed by atoms with Gasteiger partial charge in [0.1, 0.15) is 4.32 Å². The van der Waals surface area contributed by atoms with E-state index in [9.17, 15) is 4.79 Å². The highest BCUT2D eigenvalue weighted by Crippen LogP contribution is 2.46. The highest BCUT2D eigenvalue weighted by Gasteiger charge is 2.38. The molecule has 0 saturated carbocycles. The zero-order chi connectivity index (χ0) is 20.6. The van der Waals surface area contributed by atoms with E-state index >= 15 is 0 Å². The average molecular weight is 421 g/mol. The first-order valence-electron chi connectivity index (χ1n) is 9.73. The fraction of sp³-hybridized carbons (Fsp3) is 0.250. The van der Waals surface area contributed by atoms with Crippen LogP contribution in [-0.2, 0) is 16.6 Å². The number of fused-ring (bicyclic) bond motifs is 1. The molecule has 29 heavy (non-hydrogen) atoms. The molecule has 4 rings (SSSR count). The summed E-state index contributed by atoms with van der Waals surface area (Å²) < 4.78 is 0.637. The van der Waals surface area contributed by atoms with Crippen molar-refractivity contribution < 1.29 is 4.79 Å². The number of thioether (sulfide) groups is 1. The van der Waals surface area contributed by atoms with Crippen molar-refractivity contribution in [2.24, 2.45) is 0 Å². The molecule has 1 amide bonds. The number of hydrogen-bond donors (Lipinski definition) is 0. The first-order chi connectivity index (χ1) is 13.9. The molecule has 0 N–H and O–H groups in total. The van der Waals surface area contributed by atoms with Crippen molar-refractivity contribution in [3.63, 3.8) is 0 Å². The molecule has 0 atom stereocenters. The van der Waals surface area contributed by atoms with Crippen LogP contribution in [0.25, 0.3) is 0 Å². The lowest BCUT2D eigenvalue weighted by atomic mass is 9.84. The number of benzene rings is 2. The summed E-state index contributed by atoms with van der Waals surface area (Å²) in [5.41, 5.74) is 4.79. The van der Waals surface area contributed by atoms with Gasteiger partial charge in [0, 0.05) is 30.4 Å². The third-order valence-electron chi connectivity index (χ3n) is 5.67. The van der Waals surface area contributed by atoms with E-state index < -0.39 is 0 Å². The van der Waals surface area contributed by atoms with Crippen LogP contribution in [0, 0.1) is 0 Å². The van der Waals surface area contributed by atoms with Gasteiger partial charge in [-0.2, -0.15) is 0 Å². The van der Waals surface area contributed by atoms with Gasteiger partial charge in [0.25, 0.3) is 5.91 Å². The minimum absolute atomic E-state index is 0.00347. The Bertz CT molecular complexity index is 1020. The molecule has 2 aromatic carbocycles. The molecule has 2 aromatic rings. The van der Waals surface area contributed by atoms with E-state index in [1.165, 1.54) is 34.3 Å². The molecule has 5 heteroatoms. The maximum Gasteiger partial charge on any atom is 0.266 e. The van der Waals surface area contributed by atoms with Crippen molar-refractivity contribution in [3.05, 3.63) is 88.5 Å². The van der Waals surface area contributed by atoms with Gasteiger partial charge in [0.2, 0.25) is 0 Å². The van der Waals surface area contributed by atoms with E-state index in [0.717, 1.165) is 6.42 Å². The van der Waals surface area contributed by atoms with Crippen LogP contribution in [0.3, 0.4) is 0 Å². The van der Waals surface area contributed by atoms with Gasteiger partial charge in [0.05, 0.1) is 4.91 Å². The van der Waals surface area contributed by atoms with Gasteiger partial charge in [-0.25, -0.2) is 0 Å². The van der Waals surface area contributed by atoms with Gasteiger partial charge in [-0.1, -0.05) is 86.4 Å². The van der Waals surface area contributed by atoms with Crippen LogP contribution in [0.15, 0.2) is 77.4 Å². The van der Waals surface area contributed by atoms with E-state index in [4.69, 9.17) is 12.2 Å². The molecular weight excluding hydrogens is 396 g/mol. The van der Waals surface area contributed by atoms with Crippen molar-refractivity contribution >= 4 is 39.9 Å². The Hall–Kier alpha value is -2.37. The summed E-state index contributed by atoms with van der Waals surface area (Å²) in [6.07, 6.45) is 4.80. The highest BCUT2D eigenvalue weighted by atomic mass is 32.2. The molecule has 0 radical (unpaired) electrons. The number of carbonyl (C=O) groups excluding carboxylic acids is 1. The van der Waals surface area contributed by atoms with Crippen LogP contribution in [0.1, 0.15) is 25.0 Å². The smallest absolute Gasteiger partial charge is 0.266 e. The van der Waals surface area contributed by atoms with Gasteiger partial charge >= 0.3 is 0 Å². The summed E-state index contributed by atoms with van der Waals surface area (Å²) in [5, 5.41) is 0. The van der Waals surface area contributed by atoms with Gasteiger partial charge in [0.15, 0.2) is 0 Å². The minimum atomic E-state index is -0.109. The van der Waals surface area contributed by atoms with Crippen molar-refractivity contribution in [2.75, 3.05) is 18.5 Å². The van der Waals surface area contributed by atoms with Gasteiger partial charge in [-0.3, -0.25) is 9.69 Å². The van der Waals surface area contributed by atoms with Crippen LogP contribution >= 0.6 is 24.0 Å². The Morgan fingerprint density at radius 2 is 1.72 bits per heavy atom. The minimum Gasteiger partial charge on any atom is -0.347 e. The monoisotopic (exact) mass is 420 g/mol. The normalized spacial score (nSPS) is 20.8. The number of rotatable bonds is 4. The molecule has 0 aliphatic carbocycles. The van der Waals surface area contributed by atoms with E-state index in [-0.39, 0.29) is 11.3 Å². The number of nitrogens with zero attached hydrogens (tertiary/aromatic N) is 2. The summed E-state index contributed by atoms with van der Waals surface area (Å²) in [6, 6.07) is 18.6. The fourth-order valence-electron chi connectivity index (χ4n) is 4.05. The predicted octanol–water partition coefficient (Wildman–Crippen LogP) is 5.28. The summed E-state index contributed by atoms with van der Waals surface area (Å²) >= 11 is 6.87. The van der Waals surface area contributed by atoms with Gasteiger partial charge < -0.3 is 4.90 Å². The number of likely N-dealkylation sites (N-methyl/N-ethyl adjacent to an activating group) is 1. The molecule has 3 nitrogen and oxygen atoms in total. The summed E-state index contributed by atoms with van der Waals surface area (Å²) in [7, 11) is 2.08. The largest absolute Gasteiger partial charge is 0.347 e. The Morgan fingerprint density at radius 3 is 2.45 bits per heavy atom. The van der Waals surface area contributed by atoms with Crippen LogP contribution in [0.2, 0.25) is 0 Å². The second-order valence-electron chi connectivity index (χ2n) is 7.84. The first kappa shape index (κ1) is 19.9. The zero-order valence-electron chi connectivity index (χ0n) is 16.9. The van der Waals surface area contributed by atoms with Crippen molar-refractivity contribution in [1.29, 1.82) is 0 Å². The Balaban J connectivity index is 1.53. The number of amides is 1. The number of allylic oxidation sites excluding steroid dienone is 3. The van der Waals surface area contributed by atoms with Crippen LogP contribution in [0.5, 0.6) is 0 Å². The lowest BCUT2D eigenvalue weighted by Crippen LogP contribution is -2.30. The molecule has 2 heterocycles. The lowest BCUT2D eigenvalue weighted by Gasteiger charge is -2.23. The number of thiocarbonyl (C=S) groups is 1. The van der Waals surface area contributed by atoms with Crippen LogP contribution in [-0.4, -0.2) is 28.7 Å². The number of para-hydroxylation sites is 1. The van der Waals surface area contributed by atoms with Crippen molar-refractivity contribution in [3.8, 4) is 0 Å². The molecule has 0 unspecified atom stereocenters. The maximum atomic E-state index is 12.9. The molecule has 2 aliphatic rings. The molecular formula is C24H24N2OS2. The van der Waals surface area contributed by atoms with Gasteiger partial charge in [-0.05, 0) is 35.8 Å². The summed E-state index contributed by atoms with van der Waals surface area (Å²) in [4.78, 5) is 17.5. The molecule has 0 aromatic heterocycles. The molecule has 148 valence electrons. The second-order valence-corrected chi connectivity index (χ2v) is 9.52. The highest BCUT2D eigenvalue weighted by molar-refractivity contribution is 8.26. The number of hydrogen-bond acceptors (Lipinski definition) is 4. The van der Waals surface area contributed by atoms with Crippen LogP contribution in [0.4, 0.5) is 5.69 Å². The topological polar surface area (TPSA) is 23.6 Å². The molecule has 1 fully saturated rings. The Kier molecular flexibility index (Phi) is 5.36. The average Bonchev–Trinajstić information content (AvgIpc) is 3.10. The van der Waals surface area contributed by atoms with Crippen LogP contribution < -0.4 is 4.90 Å².